The van der Waals surface area contributed by atoms with Crippen LogP contribution >= 0.6 is 0 Å². The number of hydrogen-bond acceptors (Lipinski definition) is 5. The second kappa shape index (κ2) is 10.1. The van der Waals surface area contributed by atoms with Crippen molar-refractivity contribution in [3.63, 3.8) is 0 Å². The van der Waals surface area contributed by atoms with Gasteiger partial charge < -0.3 is 14.8 Å². The zero-order chi connectivity index (χ0) is 18.0. The summed E-state index contributed by atoms with van der Waals surface area (Å²) in [7, 11) is -3.59. The van der Waals surface area contributed by atoms with Gasteiger partial charge >= 0.3 is 0 Å². The molecule has 0 saturated heterocycles. The molecule has 136 valence electrons. The highest BCUT2D eigenvalue weighted by molar-refractivity contribution is 7.92. The Morgan fingerprint density at radius 3 is 2.62 bits per heavy atom. The third-order valence-electron chi connectivity index (χ3n) is 3.10. The zero-order valence-electron chi connectivity index (χ0n) is 14.4. The minimum Gasteiger partial charge on any atom is -0.494 e. The van der Waals surface area contributed by atoms with Crippen LogP contribution < -0.4 is 14.4 Å². The monoisotopic (exact) mass is 358 g/mol. The van der Waals surface area contributed by atoms with Gasteiger partial charge in [0, 0.05) is 25.8 Å². The highest BCUT2D eigenvalue weighted by Gasteiger charge is 2.21. The molecule has 0 fully saturated rings. The molecular weight excluding hydrogens is 332 g/mol. The lowest BCUT2D eigenvalue weighted by Gasteiger charge is -2.22. The van der Waals surface area contributed by atoms with E-state index in [1.165, 1.54) is 0 Å². The highest BCUT2D eigenvalue weighted by atomic mass is 32.2. The number of nitrogens with one attached hydrogen (secondary N) is 1. The van der Waals surface area contributed by atoms with Gasteiger partial charge in [0.05, 0.1) is 18.6 Å². The lowest BCUT2D eigenvalue weighted by molar-refractivity contribution is -0.119. The molecule has 1 N–H and O–H groups in total. The summed E-state index contributed by atoms with van der Waals surface area (Å²) in [6, 6.07) is 6.67. The quantitative estimate of drug-likeness (QED) is 0.604. The maximum atomic E-state index is 12.0. The van der Waals surface area contributed by atoms with Gasteiger partial charge in [-0.15, -0.1) is 0 Å². The molecule has 7 nitrogen and oxygen atoms in total. The van der Waals surface area contributed by atoms with E-state index in [2.05, 4.69) is 5.32 Å². The molecule has 0 aliphatic heterocycles. The van der Waals surface area contributed by atoms with Gasteiger partial charge in [-0.25, -0.2) is 8.42 Å². The van der Waals surface area contributed by atoms with Gasteiger partial charge in [0.2, 0.25) is 15.9 Å². The number of benzene rings is 1. The van der Waals surface area contributed by atoms with Crippen molar-refractivity contribution in [3.05, 3.63) is 24.3 Å². The maximum absolute atomic E-state index is 12.0. The van der Waals surface area contributed by atoms with Gasteiger partial charge in [0.1, 0.15) is 12.3 Å². The standard InChI is InChI=1S/C16H26N2O5S/c1-4-22-11-7-10-17-16(19)13-18(24(3,20)21)14-8-6-9-15(12-14)23-5-2/h6,8-9,12H,4-5,7,10-11,13H2,1-3H3,(H,17,19). The summed E-state index contributed by atoms with van der Waals surface area (Å²) in [5, 5.41) is 2.70. The van der Waals surface area contributed by atoms with Crippen molar-refractivity contribution in [2.75, 3.05) is 43.5 Å². The molecule has 0 radical (unpaired) electrons. The van der Waals surface area contributed by atoms with Crippen LogP contribution in [0.3, 0.4) is 0 Å². The second-order valence-electron chi connectivity index (χ2n) is 5.10. The van der Waals surface area contributed by atoms with Gasteiger partial charge in [-0.2, -0.15) is 0 Å². The number of hydrogen-bond donors (Lipinski definition) is 1. The third kappa shape index (κ3) is 7.18. The van der Waals surface area contributed by atoms with Crippen LogP contribution in [-0.4, -0.2) is 53.5 Å². The van der Waals surface area contributed by atoms with E-state index in [1.54, 1.807) is 24.3 Å². The number of anilines is 1. The maximum Gasteiger partial charge on any atom is 0.240 e. The predicted molar refractivity (Wildman–Crippen MR) is 93.9 cm³/mol. The van der Waals surface area contributed by atoms with E-state index in [9.17, 15) is 13.2 Å². The van der Waals surface area contributed by atoms with Crippen molar-refractivity contribution < 1.29 is 22.7 Å². The van der Waals surface area contributed by atoms with Crippen LogP contribution in [0.25, 0.3) is 0 Å². The minimum atomic E-state index is -3.59. The largest absolute Gasteiger partial charge is 0.494 e. The van der Waals surface area contributed by atoms with Gasteiger partial charge in [0.25, 0.3) is 0 Å². The van der Waals surface area contributed by atoms with Crippen molar-refractivity contribution in [1.82, 2.24) is 5.32 Å². The Morgan fingerprint density at radius 2 is 2.00 bits per heavy atom. The van der Waals surface area contributed by atoms with Gasteiger partial charge in [-0.3, -0.25) is 9.10 Å². The molecule has 0 aromatic heterocycles. The van der Waals surface area contributed by atoms with Gasteiger partial charge in [-0.05, 0) is 32.4 Å². The van der Waals surface area contributed by atoms with Crippen molar-refractivity contribution >= 4 is 21.6 Å². The Labute approximate surface area is 144 Å². The van der Waals surface area contributed by atoms with E-state index in [0.717, 1.165) is 10.6 Å². The Hall–Kier alpha value is -1.80. The summed E-state index contributed by atoms with van der Waals surface area (Å²) in [4.78, 5) is 12.0. The molecule has 8 heteroatoms. The fourth-order valence-corrected chi connectivity index (χ4v) is 2.88. The molecule has 0 spiro atoms. The van der Waals surface area contributed by atoms with E-state index in [1.807, 2.05) is 13.8 Å². The van der Waals surface area contributed by atoms with Crippen LogP contribution in [0.15, 0.2) is 24.3 Å². The summed E-state index contributed by atoms with van der Waals surface area (Å²) >= 11 is 0. The molecule has 1 aromatic rings. The Morgan fingerprint density at radius 1 is 1.25 bits per heavy atom. The van der Waals surface area contributed by atoms with Crippen molar-refractivity contribution in [3.8, 4) is 5.75 Å². The zero-order valence-corrected chi connectivity index (χ0v) is 15.3. The van der Waals surface area contributed by atoms with Crippen LogP contribution in [0.4, 0.5) is 5.69 Å². The highest BCUT2D eigenvalue weighted by Crippen LogP contribution is 2.23. The second-order valence-corrected chi connectivity index (χ2v) is 7.01. The van der Waals surface area contributed by atoms with Gasteiger partial charge in [-0.1, -0.05) is 6.07 Å². The average Bonchev–Trinajstić information content (AvgIpc) is 2.52. The number of nitrogens with zero attached hydrogens (tertiary/aromatic N) is 1. The van der Waals surface area contributed by atoms with Crippen LogP contribution in [0.2, 0.25) is 0 Å². The molecular formula is C16H26N2O5S. The summed E-state index contributed by atoms with van der Waals surface area (Å²) in [5.74, 6) is 0.194. The van der Waals surface area contributed by atoms with Crippen LogP contribution in [-0.2, 0) is 19.6 Å². The minimum absolute atomic E-state index is 0.275. The van der Waals surface area contributed by atoms with E-state index in [0.29, 0.717) is 44.2 Å². The fraction of sp³-hybridized carbons (Fsp3) is 0.562. The Bertz CT molecular complexity index is 619. The van der Waals surface area contributed by atoms with Crippen molar-refractivity contribution in [2.24, 2.45) is 0 Å². The normalized spacial score (nSPS) is 11.1. The first-order valence-corrected chi connectivity index (χ1v) is 9.78. The van der Waals surface area contributed by atoms with Crippen LogP contribution in [0.5, 0.6) is 5.75 Å². The van der Waals surface area contributed by atoms with Crippen LogP contribution in [0, 0.1) is 0 Å². The average molecular weight is 358 g/mol. The molecule has 1 rings (SSSR count). The first-order chi connectivity index (χ1) is 11.4. The topological polar surface area (TPSA) is 84.9 Å². The number of sulfonamides is 1. The molecule has 0 aliphatic carbocycles. The van der Waals surface area contributed by atoms with Crippen molar-refractivity contribution in [2.45, 2.75) is 20.3 Å². The molecule has 0 aliphatic rings. The molecule has 1 amide bonds. The third-order valence-corrected chi connectivity index (χ3v) is 4.24. The lowest BCUT2D eigenvalue weighted by atomic mass is 10.3. The summed E-state index contributed by atoms with van der Waals surface area (Å²) in [6.07, 6.45) is 1.75. The van der Waals surface area contributed by atoms with Crippen molar-refractivity contribution in [1.29, 1.82) is 0 Å². The summed E-state index contributed by atoms with van der Waals surface area (Å²) < 4.78 is 35.7. The molecule has 0 bridgehead atoms. The molecule has 0 saturated carbocycles. The molecule has 1 aromatic carbocycles. The lowest BCUT2D eigenvalue weighted by Crippen LogP contribution is -2.40. The Kier molecular flexibility index (Phi) is 8.56. The van der Waals surface area contributed by atoms with E-state index in [-0.39, 0.29) is 12.5 Å². The predicted octanol–water partition coefficient (Wildman–Crippen LogP) is 1.39. The first-order valence-electron chi connectivity index (χ1n) is 7.93. The SMILES string of the molecule is CCOCCCNC(=O)CN(c1cccc(OCC)c1)S(C)(=O)=O. The number of rotatable bonds is 11. The first kappa shape index (κ1) is 20.2. The van der Waals surface area contributed by atoms with E-state index in [4.69, 9.17) is 9.47 Å². The van der Waals surface area contributed by atoms with E-state index >= 15 is 0 Å². The molecule has 0 atom stereocenters. The van der Waals surface area contributed by atoms with E-state index < -0.39 is 10.0 Å². The number of amides is 1. The molecule has 0 unspecified atom stereocenters. The van der Waals surface area contributed by atoms with Gasteiger partial charge in [0.15, 0.2) is 0 Å². The Balaban J connectivity index is 2.73. The summed E-state index contributed by atoms with van der Waals surface area (Å²) in [5.41, 5.74) is 0.396. The fourth-order valence-electron chi connectivity index (χ4n) is 2.03. The smallest absolute Gasteiger partial charge is 0.240 e. The summed E-state index contributed by atoms with van der Waals surface area (Å²) in [6.45, 7) is 5.58. The number of ether oxygens (including phenoxy) is 2. The molecule has 0 heterocycles. The number of carbonyl (C=O) groups is 1. The molecule has 24 heavy (non-hydrogen) atoms. The van der Waals surface area contributed by atoms with Crippen LogP contribution in [0.1, 0.15) is 20.3 Å². The number of carbonyl (C=O) groups excluding carboxylic acids is 1.